The van der Waals surface area contributed by atoms with Gasteiger partial charge in [-0.3, -0.25) is 0 Å². The summed E-state index contributed by atoms with van der Waals surface area (Å²) in [4.78, 5) is 23.5. The molecule has 3 aromatic rings. The van der Waals surface area contributed by atoms with Crippen molar-refractivity contribution in [2.45, 2.75) is 18.3 Å². The van der Waals surface area contributed by atoms with Crippen LogP contribution in [0.1, 0.15) is 44.7 Å². The third-order valence-electron chi connectivity index (χ3n) is 7.41. The highest BCUT2D eigenvalue weighted by atomic mass is 32.2. The second-order valence-electron chi connectivity index (χ2n) is 10.4. The van der Waals surface area contributed by atoms with Crippen molar-refractivity contribution in [3.05, 3.63) is 94.8 Å². The fourth-order valence-corrected chi connectivity index (χ4v) is 5.41. The molecule has 3 aromatic carbocycles. The van der Waals surface area contributed by atoms with E-state index in [1.807, 2.05) is 6.08 Å². The number of carbonyl (C=O) groups is 2. The molecule has 0 unspecified atom stereocenters. The minimum absolute atomic E-state index is 0.0525. The molecule has 2 aliphatic rings. The normalized spacial score (nSPS) is 14.8. The average molecular weight is 709 g/mol. The molecule has 0 amide bonds. The van der Waals surface area contributed by atoms with Gasteiger partial charge in [-0.05, 0) is 83.6 Å². The van der Waals surface area contributed by atoms with Gasteiger partial charge in [0.05, 0.1) is 58.9 Å². The molecule has 262 valence electrons. The van der Waals surface area contributed by atoms with Gasteiger partial charge >= 0.3 is 27.6 Å². The van der Waals surface area contributed by atoms with E-state index in [9.17, 15) is 35.6 Å². The van der Waals surface area contributed by atoms with Crippen molar-refractivity contribution in [2.75, 3.05) is 47.8 Å². The van der Waals surface area contributed by atoms with Crippen LogP contribution in [0.15, 0.2) is 66.7 Å². The molecule has 0 spiro atoms. The van der Waals surface area contributed by atoms with E-state index in [4.69, 9.17) is 18.9 Å². The topological polar surface area (TPSA) is 124 Å². The lowest BCUT2D eigenvalue weighted by molar-refractivity contribution is -0.0500. The van der Waals surface area contributed by atoms with E-state index in [0.29, 0.717) is 60.7 Å². The smallest absolute Gasteiger partial charge is 0.497 e. The van der Waals surface area contributed by atoms with Crippen LogP contribution in [0.3, 0.4) is 0 Å². The lowest BCUT2D eigenvalue weighted by Crippen LogP contribution is -2.28. The van der Waals surface area contributed by atoms with E-state index in [1.165, 1.54) is 19.2 Å². The monoisotopic (exact) mass is 708 g/mol. The molecule has 0 saturated heterocycles. The number of carbonyl (C=O) groups excluding carboxylic acids is 2. The van der Waals surface area contributed by atoms with Gasteiger partial charge in [-0.2, -0.15) is 21.6 Å². The molecule has 0 aliphatic carbocycles. The summed E-state index contributed by atoms with van der Waals surface area (Å²) >= 11 is 0. The van der Waals surface area contributed by atoms with Gasteiger partial charge in [0.1, 0.15) is 17.3 Å². The quantitative estimate of drug-likeness (QED) is 0.110. The molecule has 0 fully saturated rings. The van der Waals surface area contributed by atoms with Gasteiger partial charge in [-0.1, -0.05) is 18.2 Å². The Bertz CT molecular complexity index is 1870. The average Bonchev–Trinajstić information content (AvgIpc) is 3.11. The predicted octanol–water partition coefficient (Wildman–Crippen LogP) is 6.60. The summed E-state index contributed by atoms with van der Waals surface area (Å²) in [6.45, 7) is 1.61. The molecule has 15 heteroatoms. The first-order chi connectivity index (χ1) is 23.3. The van der Waals surface area contributed by atoms with Gasteiger partial charge in [0, 0.05) is 11.1 Å². The lowest BCUT2D eigenvalue weighted by Gasteiger charge is -2.19. The molecule has 0 bridgehead atoms. The second-order valence-corrected chi connectivity index (χ2v) is 11.9. The first-order valence-corrected chi connectivity index (χ1v) is 16.0. The van der Waals surface area contributed by atoms with Gasteiger partial charge in [0.15, 0.2) is 0 Å². The zero-order valence-corrected chi connectivity index (χ0v) is 27.4. The zero-order valence-electron chi connectivity index (χ0n) is 26.6. The van der Waals surface area contributed by atoms with Gasteiger partial charge < -0.3 is 27.9 Å². The fraction of sp³-hybridized carbons (Fsp3) is 0.294. The van der Waals surface area contributed by atoms with Crippen molar-refractivity contribution in [1.82, 2.24) is 0 Å². The molecular formula is C34H32F4O10S. The van der Waals surface area contributed by atoms with E-state index in [-0.39, 0.29) is 23.6 Å². The molecule has 5 rings (SSSR count). The van der Waals surface area contributed by atoms with Crippen LogP contribution in [-0.2, 0) is 29.1 Å². The summed E-state index contributed by atoms with van der Waals surface area (Å²) in [5.41, 5.74) is -1.54. The van der Waals surface area contributed by atoms with Crippen LogP contribution in [0.2, 0.25) is 0 Å². The number of methoxy groups -OCH3 is 3. The van der Waals surface area contributed by atoms with Crippen LogP contribution in [0.25, 0.3) is 22.3 Å². The maximum atomic E-state index is 14.5. The first kappa shape index (κ1) is 37.1. The Balaban J connectivity index is 0.000000221. The maximum Gasteiger partial charge on any atom is 0.534 e. The summed E-state index contributed by atoms with van der Waals surface area (Å²) in [7, 11) is -1.80. The molecule has 10 nitrogen and oxygen atoms in total. The summed E-state index contributed by atoms with van der Waals surface area (Å²) in [5.74, 6) is -1.44. The van der Waals surface area contributed by atoms with Gasteiger partial charge in [-0.25, -0.2) is 14.0 Å². The Morgan fingerprint density at radius 3 is 1.78 bits per heavy atom. The van der Waals surface area contributed by atoms with Crippen molar-refractivity contribution in [3.8, 4) is 22.6 Å². The third-order valence-corrected chi connectivity index (χ3v) is 8.37. The summed E-state index contributed by atoms with van der Waals surface area (Å²) < 4.78 is 104. The van der Waals surface area contributed by atoms with Crippen molar-refractivity contribution in [3.63, 3.8) is 0 Å². The van der Waals surface area contributed by atoms with Crippen LogP contribution in [0, 0.1) is 5.82 Å². The number of ether oxygens (including phenoxy) is 5. The Morgan fingerprint density at radius 1 is 0.714 bits per heavy atom. The van der Waals surface area contributed by atoms with Gasteiger partial charge in [-0.15, -0.1) is 0 Å². The zero-order chi connectivity index (χ0) is 35.8. The number of hydrogen-bond donors (Lipinski definition) is 0. The summed E-state index contributed by atoms with van der Waals surface area (Å²) in [6.07, 6.45) is 4.56. The Hall–Kier alpha value is -4.73. The fourth-order valence-electron chi connectivity index (χ4n) is 4.93. The van der Waals surface area contributed by atoms with Crippen LogP contribution in [0.4, 0.5) is 17.6 Å². The van der Waals surface area contributed by atoms with E-state index in [0.717, 1.165) is 30.4 Å². The van der Waals surface area contributed by atoms with Gasteiger partial charge in [0.25, 0.3) is 0 Å². The highest BCUT2D eigenvalue weighted by Crippen LogP contribution is 2.37. The highest BCUT2D eigenvalue weighted by molar-refractivity contribution is 7.88. The van der Waals surface area contributed by atoms with Crippen molar-refractivity contribution < 1.29 is 63.4 Å². The Morgan fingerprint density at radius 2 is 1.27 bits per heavy atom. The SMILES string of the molecule is COC(=O)c1ccc(-c2cc(OC)ccc2F)c(C2=CCOCC2)c1.COC(=O)c1ccc(OS(=O)(=O)C(F)(F)F)c(C2=CCOCC2)c1. The second kappa shape index (κ2) is 16.1. The maximum absolute atomic E-state index is 14.5. The van der Waals surface area contributed by atoms with E-state index < -0.39 is 33.3 Å². The number of benzene rings is 3. The van der Waals surface area contributed by atoms with Crippen molar-refractivity contribution in [2.24, 2.45) is 0 Å². The third kappa shape index (κ3) is 9.04. The molecule has 0 saturated carbocycles. The summed E-state index contributed by atoms with van der Waals surface area (Å²) in [6, 6.07) is 13.1. The minimum Gasteiger partial charge on any atom is -0.497 e. The largest absolute Gasteiger partial charge is 0.534 e. The van der Waals surface area contributed by atoms with Crippen LogP contribution >= 0.6 is 0 Å². The Kier molecular flexibility index (Phi) is 12.2. The number of esters is 2. The molecular weight excluding hydrogens is 676 g/mol. The van der Waals surface area contributed by atoms with Crippen LogP contribution in [0.5, 0.6) is 11.5 Å². The molecule has 2 heterocycles. The standard InChI is InChI=1S/C20H19FO4.C14H13F3O6S/c1-23-15-4-6-19(21)18(12-15)16-5-3-14(20(22)24-2)11-17(16)13-7-9-25-10-8-13;1-21-13(18)10-2-3-12(23-24(19,20)14(15,16)17)11(8-10)9-4-6-22-7-5-9/h3-7,11-12H,8-10H2,1-2H3;2-4,8H,5-7H2,1H3. The summed E-state index contributed by atoms with van der Waals surface area (Å²) in [5, 5.41) is 0. The predicted molar refractivity (Wildman–Crippen MR) is 170 cm³/mol. The first-order valence-electron chi connectivity index (χ1n) is 14.6. The van der Waals surface area contributed by atoms with Crippen LogP contribution < -0.4 is 8.92 Å². The number of hydrogen-bond acceptors (Lipinski definition) is 10. The van der Waals surface area contributed by atoms with E-state index in [2.05, 4.69) is 8.92 Å². The number of halogens is 4. The Labute approximate surface area is 280 Å². The highest BCUT2D eigenvalue weighted by Gasteiger charge is 2.49. The van der Waals surface area contributed by atoms with Crippen molar-refractivity contribution in [1.29, 1.82) is 0 Å². The number of alkyl halides is 3. The van der Waals surface area contributed by atoms with E-state index in [1.54, 1.807) is 43.5 Å². The van der Waals surface area contributed by atoms with Crippen molar-refractivity contribution >= 4 is 33.2 Å². The molecule has 0 N–H and O–H groups in total. The van der Waals surface area contributed by atoms with Crippen LogP contribution in [-0.4, -0.2) is 73.6 Å². The minimum atomic E-state index is -5.83. The molecule has 49 heavy (non-hydrogen) atoms. The molecule has 0 radical (unpaired) electrons. The lowest BCUT2D eigenvalue weighted by atomic mass is 9.90. The number of rotatable bonds is 8. The molecule has 2 aliphatic heterocycles. The van der Waals surface area contributed by atoms with Gasteiger partial charge in [0.2, 0.25) is 0 Å². The molecule has 0 aromatic heterocycles. The molecule has 0 atom stereocenters. The van der Waals surface area contributed by atoms with E-state index >= 15 is 0 Å².